The molecule has 0 fully saturated rings. The van der Waals surface area contributed by atoms with Crippen molar-refractivity contribution >= 4 is 28.6 Å². The smallest absolute Gasteiger partial charge is 0.253 e. The van der Waals surface area contributed by atoms with E-state index in [1.807, 2.05) is 30.5 Å². The summed E-state index contributed by atoms with van der Waals surface area (Å²) in [6.45, 7) is 0. The van der Waals surface area contributed by atoms with E-state index in [1.165, 1.54) is 11.8 Å². The van der Waals surface area contributed by atoms with Crippen LogP contribution < -0.4 is 5.32 Å². The van der Waals surface area contributed by atoms with Crippen LogP contribution in [-0.4, -0.2) is 23.0 Å². The third kappa shape index (κ3) is 2.48. The van der Waals surface area contributed by atoms with Gasteiger partial charge in [0.1, 0.15) is 5.75 Å². The standard InChI is InChI=1S/C16H14N2O2S/c1-17-16(20)11-6-4-5-10-14(9-18-15(10)11)21-13-8-3-2-7-12(13)19/h2-9,18-19H,1H3,(H,17,20). The highest BCUT2D eigenvalue weighted by atomic mass is 32.2. The highest BCUT2D eigenvalue weighted by Crippen LogP contribution is 2.38. The molecular formula is C16H14N2O2S. The Morgan fingerprint density at radius 1 is 1.14 bits per heavy atom. The minimum atomic E-state index is -0.124. The third-order valence-corrected chi connectivity index (χ3v) is 4.36. The summed E-state index contributed by atoms with van der Waals surface area (Å²) < 4.78 is 0. The molecule has 106 valence electrons. The summed E-state index contributed by atoms with van der Waals surface area (Å²) in [5, 5.41) is 13.5. The van der Waals surface area contributed by atoms with E-state index in [-0.39, 0.29) is 11.7 Å². The van der Waals surface area contributed by atoms with Crippen molar-refractivity contribution in [3.05, 3.63) is 54.2 Å². The number of aromatic amines is 1. The Morgan fingerprint density at radius 2 is 1.95 bits per heavy atom. The minimum Gasteiger partial charge on any atom is -0.507 e. The zero-order chi connectivity index (χ0) is 14.8. The molecule has 0 spiro atoms. The number of benzene rings is 2. The normalized spacial score (nSPS) is 10.7. The lowest BCUT2D eigenvalue weighted by Crippen LogP contribution is -2.17. The number of rotatable bonds is 3. The first-order valence-electron chi connectivity index (χ1n) is 6.48. The van der Waals surface area contributed by atoms with E-state index < -0.39 is 0 Å². The molecule has 0 atom stereocenters. The minimum absolute atomic E-state index is 0.124. The highest BCUT2D eigenvalue weighted by Gasteiger charge is 2.13. The van der Waals surface area contributed by atoms with Crippen molar-refractivity contribution in [2.24, 2.45) is 0 Å². The van der Waals surface area contributed by atoms with Gasteiger partial charge in [0.2, 0.25) is 0 Å². The molecule has 2 aromatic carbocycles. The summed E-state index contributed by atoms with van der Waals surface area (Å²) in [5.74, 6) is 0.126. The van der Waals surface area contributed by atoms with E-state index >= 15 is 0 Å². The van der Waals surface area contributed by atoms with E-state index in [4.69, 9.17) is 0 Å². The van der Waals surface area contributed by atoms with Crippen molar-refractivity contribution in [1.82, 2.24) is 10.3 Å². The van der Waals surface area contributed by atoms with Gasteiger partial charge in [-0.05, 0) is 18.2 Å². The molecule has 0 radical (unpaired) electrons. The topological polar surface area (TPSA) is 65.1 Å². The fourth-order valence-electron chi connectivity index (χ4n) is 2.20. The maximum absolute atomic E-state index is 11.9. The highest BCUT2D eigenvalue weighted by molar-refractivity contribution is 7.99. The molecule has 0 bridgehead atoms. The zero-order valence-electron chi connectivity index (χ0n) is 11.4. The first-order chi connectivity index (χ1) is 10.2. The molecule has 0 saturated carbocycles. The van der Waals surface area contributed by atoms with Crippen molar-refractivity contribution in [3.63, 3.8) is 0 Å². The first-order valence-corrected chi connectivity index (χ1v) is 7.30. The number of para-hydroxylation sites is 2. The van der Waals surface area contributed by atoms with Crippen LogP contribution in [0.4, 0.5) is 0 Å². The van der Waals surface area contributed by atoms with Crippen LogP contribution in [0.15, 0.2) is 58.5 Å². The molecule has 3 rings (SSSR count). The van der Waals surface area contributed by atoms with Crippen LogP contribution in [0.5, 0.6) is 5.75 Å². The van der Waals surface area contributed by atoms with Crippen LogP contribution >= 0.6 is 11.8 Å². The van der Waals surface area contributed by atoms with Gasteiger partial charge in [-0.3, -0.25) is 4.79 Å². The lowest BCUT2D eigenvalue weighted by atomic mass is 10.1. The van der Waals surface area contributed by atoms with Gasteiger partial charge in [0.15, 0.2) is 0 Å². The Morgan fingerprint density at radius 3 is 2.71 bits per heavy atom. The number of hydrogen-bond acceptors (Lipinski definition) is 3. The van der Waals surface area contributed by atoms with E-state index in [0.717, 1.165) is 20.7 Å². The van der Waals surface area contributed by atoms with E-state index in [0.29, 0.717) is 5.56 Å². The molecule has 21 heavy (non-hydrogen) atoms. The fourth-order valence-corrected chi connectivity index (χ4v) is 3.15. The average molecular weight is 298 g/mol. The van der Waals surface area contributed by atoms with Crippen LogP contribution in [0.3, 0.4) is 0 Å². The molecule has 0 aliphatic rings. The lowest BCUT2D eigenvalue weighted by molar-refractivity contribution is 0.0964. The number of H-pyrrole nitrogens is 1. The van der Waals surface area contributed by atoms with Crippen LogP contribution in [0, 0.1) is 0 Å². The Bertz CT molecular complexity index is 811. The second-order valence-corrected chi connectivity index (χ2v) is 5.61. The molecular weight excluding hydrogens is 284 g/mol. The summed E-state index contributed by atoms with van der Waals surface area (Å²) >= 11 is 1.47. The predicted molar refractivity (Wildman–Crippen MR) is 83.9 cm³/mol. The molecule has 1 aromatic heterocycles. The molecule has 3 aromatic rings. The summed E-state index contributed by atoms with van der Waals surface area (Å²) in [5.41, 5.74) is 1.41. The molecule has 5 heteroatoms. The summed E-state index contributed by atoms with van der Waals surface area (Å²) in [6, 6.07) is 12.8. The van der Waals surface area contributed by atoms with Gasteiger partial charge >= 0.3 is 0 Å². The number of fused-ring (bicyclic) bond motifs is 1. The number of hydrogen-bond donors (Lipinski definition) is 3. The molecule has 0 aliphatic carbocycles. The lowest BCUT2D eigenvalue weighted by Gasteiger charge is -2.04. The second-order valence-electron chi connectivity index (χ2n) is 4.53. The molecule has 1 amide bonds. The Labute approximate surface area is 126 Å². The fraction of sp³-hybridized carbons (Fsp3) is 0.0625. The Hall–Kier alpha value is -2.40. The maximum Gasteiger partial charge on any atom is 0.253 e. The molecule has 0 saturated heterocycles. The van der Waals surface area contributed by atoms with Gasteiger partial charge in [0.25, 0.3) is 5.91 Å². The number of nitrogens with one attached hydrogen (secondary N) is 2. The maximum atomic E-state index is 11.9. The van der Waals surface area contributed by atoms with Crippen LogP contribution in [0.1, 0.15) is 10.4 Å². The SMILES string of the molecule is CNC(=O)c1cccc2c(Sc3ccccc3O)c[nH]c12. The van der Waals surface area contributed by atoms with Gasteiger partial charge in [0, 0.05) is 23.5 Å². The molecule has 0 unspecified atom stereocenters. The van der Waals surface area contributed by atoms with Crippen LogP contribution in [-0.2, 0) is 0 Å². The number of amides is 1. The summed E-state index contributed by atoms with van der Waals surface area (Å²) in [4.78, 5) is 16.8. The first kappa shape index (κ1) is 13.6. The van der Waals surface area contributed by atoms with Crippen molar-refractivity contribution in [2.45, 2.75) is 9.79 Å². The van der Waals surface area contributed by atoms with E-state index in [9.17, 15) is 9.90 Å². The number of carbonyl (C=O) groups excluding carboxylic acids is 1. The van der Waals surface area contributed by atoms with Gasteiger partial charge in [0.05, 0.1) is 16.0 Å². The van der Waals surface area contributed by atoms with Gasteiger partial charge in [-0.2, -0.15) is 0 Å². The number of phenolic OH excluding ortho intramolecular Hbond substituents is 1. The quantitative estimate of drug-likeness (QED) is 0.694. The average Bonchev–Trinajstić information content (AvgIpc) is 2.92. The van der Waals surface area contributed by atoms with Crippen LogP contribution in [0.25, 0.3) is 10.9 Å². The number of aromatic hydroxyl groups is 1. The van der Waals surface area contributed by atoms with Gasteiger partial charge in [-0.25, -0.2) is 0 Å². The van der Waals surface area contributed by atoms with Crippen molar-refractivity contribution in [1.29, 1.82) is 0 Å². The third-order valence-electron chi connectivity index (χ3n) is 3.23. The van der Waals surface area contributed by atoms with E-state index in [2.05, 4.69) is 10.3 Å². The number of phenols is 1. The Balaban J connectivity index is 2.05. The summed E-state index contributed by atoms with van der Waals surface area (Å²) in [7, 11) is 1.61. The van der Waals surface area contributed by atoms with Crippen molar-refractivity contribution in [2.75, 3.05) is 7.05 Å². The number of carbonyl (C=O) groups is 1. The largest absolute Gasteiger partial charge is 0.507 e. The second kappa shape index (κ2) is 5.54. The molecule has 1 heterocycles. The summed E-state index contributed by atoms with van der Waals surface area (Å²) in [6.07, 6.45) is 1.86. The van der Waals surface area contributed by atoms with Gasteiger partial charge in [-0.1, -0.05) is 36.0 Å². The molecule has 4 nitrogen and oxygen atoms in total. The molecule has 3 N–H and O–H groups in total. The Kier molecular flexibility index (Phi) is 3.58. The zero-order valence-corrected chi connectivity index (χ0v) is 12.2. The predicted octanol–water partition coefficient (Wildman–Crippen LogP) is 3.38. The van der Waals surface area contributed by atoms with Gasteiger partial charge in [-0.15, -0.1) is 0 Å². The monoisotopic (exact) mass is 298 g/mol. The number of aromatic nitrogens is 1. The van der Waals surface area contributed by atoms with Crippen molar-refractivity contribution in [3.8, 4) is 5.75 Å². The molecule has 0 aliphatic heterocycles. The van der Waals surface area contributed by atoms with Crippen molar-refractivity contribution < 1.29 is 9.90 Å². The van der Waals surface area contributed by atoms with Gasteiger partial charge < -0.3 is 15.4 Å². The van der Waals surface area contributed by atoms with Crippen LogP contribution in [0.2, 0.25) is 0 Å². The van der Waals surface area contributed by atoms with E-state index in [1.54, 1.807) is 25.2 Å².